The van der Waals surface area contributed by atoms with Crippen LogP contribution in [-0.4, -0.2) is 13.7 Å². The van der Waals surface area contributed by atoms with Gasteiger partial charge < -0.3 is 33.3 Å². The third-order valence-corrected chi connectivity index (χ3v) is 21.3. The second-order valence-corrected chi connectivity index (χ2v) is 27.7. The van der Waals surface area contributed by atoms with E-state index in [-0.39, 0.29) is 0 Å². The lowest BCUT2D eigenvalue weighted by Crippen LogP contribution is -2.13. The Balaban J connectivity index is 0.795. The molecule has 109 heavy (non-hydrogen) atoms. The summed E-state index contributed by atoms with van der Waals surface area (Å²) in [5.41, 5.74) is 27.2. The van der Waals surface area contributed by atoms with E-state index in [0.29, 0.717) is 0 Å². The van der Waals surface area contributed by atoms with Crippen LogP contribution in [0.25, 0.3) is 105 Å². The zero-order valence-corrected chi connectivity index (χ0v) is 59.6. The highest BCUT2D eigenvalue weighted by Crippen LogP contribution is 2.50. The van der Waals surface area contributed by atoms with E-state index in [1.807, 2.05) is 0 Å². The number of fused-ring (bicyclic) bond motifs is 9. The van der Waals surface area contributed by atoms with Crippen LogP contribution < -0.4 is 19.6 Å². The SMILES string of the molecule is c1ccc(N(c2ccccc2)c2ccc(N(c3ccc4c(c3)c3cc(N(c5ccc(N(c6ccccc6)c6ccccc6)cc5)c5ccccc5-c5ccc6c(c5)c5ccccc5n6-c5ccccc5)ccc3n4-c3ccccc3)c3ccccc3-c3ccc4c(c3)c3ccccc3n4-c3ccccc3)cc2)cc1. The van der Waals surface area contributed by atoms with Gasteiger partial charge in [0.2, 0.25) is 0 Å². The van der Waals surface area contributed by atoms with Crippen molar-refractivity contribution in [3.8, 4) is 39.3 Å². The second kappa shape index (κ2) is 27.4. The van der Waals surface area contributed by atoms with Gasteiger partial charge in [-0.3, -0.25) is 0 Å². The summed E-state index contributed by atoms with van der Waals surface area (Å²) in [5, 5.41) is 7.01. The monoisotopic (exact) mass is 1390 g/mol. The molecule has 0 amide bonds. The molecule has 20 aromatic rings. The summed E-state index contributed by atoms with van der Waals surface area (Å²) >= 11 is 0. The molecule has 7 nitrogen and oxygen atoms in total. The number of rotatable bonds is 17. The number of para-hydroxylation sites is 11. The van der Waals surface area contributed by atoms with Crippen molar-refractivity contribution in [1.82, 2.24) is 13.7 Å². The molecule has 20 rings (SSSR count). The van der Waals surface area contributed by atoms with Gasteiger partial charge in [-0.15, -0.1) is 0 Å². The lowest BCUT2D eigenvalue weighted by molar-refractivity contribution is 1.18. The summed E-state index contributed by atoms with van der Waals surface area (Å²) < 4.78 is 7.22. The molecule has 0 saturated heterocycles. The number of nitrogens with zero attached hydrogens (tertiary/aromatic N) is 7. The Kier molecular flexibility index (Phi) is 16.1. The smallest absolute Gasteiger partial charge is 0.0542 e. The first-order valence-corrected chi connectivity index (χ1v) is 37.2. The van der Waals surface area contributed by atoms with Gasteiger partial charge in [-0.2, -0.15) is 0 Å². The van der Waals surface area contributed by atoms with Gasteiger partial charge in [-0.1, -0.05) is 212 Å². The van der Waals surface area contributed by atoms with Crippen LogP contribution in [-0.2, 0) is 0 Å². The molecular formula is C102H71N7. The van der Waals surface area contributed by atoms with Crippen LogP contribution in [0.2, 0.25) is 0 Å². The van der Waals surface area contributed by atoms with Crippen LogP contribution in [0.4, 0.5) is 68.2 Å². The Morgan fingerprint density at radius 3 is 0.706 bits per heavy atom. The van der Waals surface area contributed by atoms with Crippen LogP contribution >= 0.6 is 0 Å². The van der Waals surface area contributed by atoms with E-state index in [1.54, 1.807) is 0 Å². The third kappa shape index (κ3) is 11.4. The van der Waals surface area contributed by atoms with E-state index in [0.717, 1.165) is 140 Å². The summed E-state index contributed by atoms with van der Waals surface area (Å²) in [7, 11) is 0. The highest BCUT2D eigenvalue weighted by Gasteiger charge is 2.26. The van der Waals surface area contributed by atoms with Gasteiger partial charge >= 0.3 is 0 Å². The van der Waals surface area contributed by atoms with Crippen molar-refractivity contribution in [2.24, 2.45) is 0 Å². The average Bonchev–Trinajstić information content (AvgIpc) is 1.61. The minimum Gasteiger partial charge on any atom is -0.311 e. The Hall–Kier alpha value is -14.7. The zero-order chi connectivity index (χ0) is 72.1. The lowest BCUT2D eigenvalue weighted by Gasteiger charge is -2.30. The maximum atomic E-state index is 2.47. The minimum absolute atomic E-state index is 1.01. The van der Waals surface area contributed by atoms with Gasteiger partial charge in [0, 0.05) is 117 Å². The molecule has 0 bridgehead atoms. The molecule has 3 heterocycles. The van der Waals surface area contributed by atoms with E-state index >= 15 is 0 Å². The third-order valence-electron chi connectivity index (χ3n) is 21.3. The molecule has 0 atom stereocenters. The van der Waals surface area contributed by atoms with E-state index in [4.69, 9.17) is 0 Å². The van der Waals surface area contributed by atoms with Crippen molar-refractivity contribution in [3.63, 3.8) is 0 Å². The molecule has 0 saturated carbocycles. The number of benzene rings is 17. The summed E-state index contributed by atoms with van der Waals surface area (Å²) in [6, 6.07) is 157. The van der Waals surface area contributed by atoms with Crippen molar-refractivity contribution >= 4 is 134 Å². The second-order valence-electron chi connectivity index (χ2n) is 27.7. The summed E-state index contributed by atoms with van der Waals surface area (Å²) in [5.74, 6) is 0. The largest absolute Gasteiger partial charge is 0.311 e. The fourth-order valence-corrected chi connectivity index (χ4v) is 16.5. The van der Waals surface area contributed by atoms with Gasteiger partial charge in [0.05, 0.1) is 44.5 Å². The maximum absolute atomic E-state index is 2.47. The van der Waals surface area contributed by atoms with Gasteiger partial charge in [-0.05, 0) is 230 Å². The van der Waals surface area contributed by atoms with Gasteiger partial charge in [-0.25, -0.2) is 0 Å². The first kappa shape index (κ1) is 64.0. The topological polar surface area (TPSA) is 27.8 Å². The van der Waals surface area contributed by atoms with Crippen molar-refractivity contribution in [2.75, 3.05) is 19.6 Å². The molecule has 3 aromatic heterocycles. The quantitative estimate of drug-likeness (QED) is 0.0908. The van der Waals surface area contributed by atoms with Gasteiger partial charge in [0.15, 0.2) is 0 Å². The molecule has 17 aromatic carbocycles. The molecule has 0 N–H and O–H groups in total. The van der Waals surface area contributed by atoms with E-state index < -0.39 is 0 Å². The van der Waals surface area contributed by atoms with Crippen LogP contribution in [0, 0.1) is 0 Å². The lowest BCUT2D eigenvalue weighted by atomic mass is 9.99. The fourth-order valence-electron chi connectivity index (χ4n) is 16.5. The Morgan fingerprint density at radius 1 is 0.147 bits per heavy atom. The minimum atomic E-state index is 1.01. The molecule has 0 aliphatic heterocycles. The van der Waals surface area contributed by atoms with E-state index in [2.05, 4.69) is 464 Å². The fraction of sp³-hybridized carbons (Fsp3) is 0. The molecule has 0 fully saturated rings. The van der Waals surface area contributed by atoms with Gasteiger partial charge in [0.1, 0.15) is 0 Å². The highest BCUT2D eigenvalue weighted by atomic mass is 15.2. The molecule has 0 unspecified atom stereocenters. The van der Waals surface area contributed by atoms with Crippen molar-refractivity contribution in [3.05, 3.63) is 431 Å². The summed E-state index contributed by atoms with van der Waals surface area (Å²) in [6.45, 7) is 0. The van der Waals surface area contributed by atoms with Crippen molar-refractivity contribution in [1.29, 1.82) is 0 Å². The Labute approximate surface area is 633 Å². The molecule has 0 aliphatic rings. The number of hydrogen-bond donors (Lipinski definition) is 0. The number of hydrogen-bond acceptors (Lipinski definition) is 4. The molecule has 7 heteroatoms. The van der Waals surface area contributed by atoms with E-state index in [1.165, 1.54) is 32.6 Å². The standard InChI is InChI=1S/C102H71N7/c1-8-30-74(31-9-1)103(75-32-10-2-11-33-75)81-54-58-83(59-55-81)105(95-48-26-22-44-87(95)72-52-64-99-91(68-72)89-46-24-28-50-97(89)107(99)78-38-16-5-17-39-78)85-62-66-101-93(70-85)94-71-86(63-67-102(94)109(101)80-42-20-7-21-43-80)106(84-60-56-82(57-61-84)104(76-34-12-3-13-35-76)77-36-14-4-15-37-77)96-49-27-23-45-88(96)73-53-65-100-92(69-73)90-47-25-29-51-98(90)108(100)79-40-18-6-19-41-79/h1-71H. The molecule has 0 spiro atoms. The first-order valence-electron chi connectivity index (χ1n) is 37.2. The molecule has 0 radical (unpaired) electrons. The molecule has 0 aliphatic carbocycles. The number of anilines is 12. The zero-order valence-electron chi connectivity index (χ0n) is 59.6. The van der Waals surface area contributed by atoms with Crippen LogP contribution in [0.15, 0.2) is 431 Å². The van der Waals surface area contributed by atoms with Crippen LogP contribution in [0.3, 0.4) is 0 Å². The molecule has 514 valence electrons. The predicted octanol–water partition coefficient (Wildman–Crippen LogP) is 28.2. The maximum Gasteiger partial charge on any atom is 0.0542 e. The average molecular weight is 1390 g/mol. The van der Waals surface area contributed by atoms with Crippen molar-refractivity contribution < 1.29 is 0 Å². The normalized spacial score (nSPS) is 11.5. The van der Waals surface area contributed by atoms with Crippen molar-refractivity contribution in [2.45, 2.75) is 0 Å². The van der Waals surface area contributed by atoms with Gasteiger partial charge in [0.25, 0.3) is 0 Å². The van der Waals surface area contributed by atoms with E-state index in [9.17, 15) is 0 Å². The predicted molar refractivity (Wildman–Crippen MR) is 459 cm³/mol. The summed E-state index contributed by atoms with van der Waals surface area (Å²) in [6.07, 6.45) is 0. The van der Waals surface area contributed by atoms with Crippen LogP contribution in [0.5, 0.6) is 0 Å². The van der Waals surface area contributed by atoms with Crippen LogP contribution in [0.1, 0.15) is 0 Å². The summed E-state index contributed by atoms with van der Waals surface area (Å²) in [4.78, 5) is 9.59. The first-order chi connectivity index (χ1) is 54.1. The molecular weight excluding hydrogens is 1320 g/mol. The Morgan fingerprint density at radius 2 is 0.376 bits per heavy atom. The number of aromatic nitrogens is 3. The highest BCUT2D eigenvalue weighted by molar-refractivity contribution is 6.15. The Bertz CT molecular complexity index is 6230.